The molecule has 1 fully saturated rings. The fraction of sp³-hybridized carbons (Fsp3) is 0.600. The summed E-state index contributed by atoms with van der Waals surface area (Å²) in [7, 11) is 2.00. The summed E-state index contributed by atoms with van der Waals surface area (Å²) in [6.07, 6.45) is 4.80. The Kier molecular flexibility index (Phi) is 3.72. The van der Waals surface area contributed by atoms with E-state index in [1.807, 2.05) is 7.05 Å². The van der Waals surface area contributed by atoms with E-state index in [1.165, 1.54) is 30.4 Å². The Balaban J connectivity index is 2.07. The Morgan fingerprint density at radius 3 is 2.29 bits per heavy atom. The first-order valence-electron chi connectivity index (χ1n) is 6.55. The minimum absolute atomic E-state index is 0.100. The van der Waals surface area contributed by atoms with Crippen LogP contribution in [0.1, 0.15) is 36.8 Å². The molecule has 0 saturated heterocycles. The molecule has 1 N–H and O–H groups in total. The number of aryl methyl sites for hydroxylation is 2. The van der Waals surface area contributed by atoms with Gasteiger partial charge in [-0.2, -0.15) is 0 Å². The van der Waals surface area contributed by atoms with Gasteiger partial charge < -0.3 is 10.1 Å². The molecule has 0 amide bonds. The van der Waals surface area contributed by atoms with Crippen molar-refractivity contribution < 1.29 is 4.74 Å². The van der Waals surface area contributed by atoms with E-state index in [9.17, 15) is 0 Å². The molecular formula is C15H23NO. The summed E-state index contributed by atoms with van der Waals surface area (Å²) in [5.74, 6) is 1.04. The Morgan fingerprint density at radius 1 is 1.18 bits per heavy atom. The van der Waals surface area contributed by atoms with Crippen LogP contribution < -0.4 is 10.1 Å². The van der Waals surface area contributed by atoms with Gasteiger partial charge in [0.05, 0.1) is 0 Å². The molecule has 0 atom stereocenters. The second-order valence-electron chi connectivity index (χ2n) is 5.32. The van der Waals surface area contributed by atoms with Crippen molar-refractivity contribution in [2.24, 2.45) is 0 Å². The number of benzene rings is 1. The van der Waals surface area contributed by atoms with Crippen LogP contribution in [0.15, 0.2) is 18.2 Å². The molecule has 0 heterocycles. The van der Waals surface area contributed by atoms with E-state index >= 15 is 0 Å². The van der Waals surface area contributed by atoms with E-state index in [1.54, 1.807) is 0 Å². The lowest BCUT2D eigenvalue weighted by atomic mass is 9.77. The minimum Gasteiger partial charge on any atom is -0.487 e. The SMILES string of the molecule is CNCCC1(Oc2cc(C)cc(C)c2)CCC1. The van der Waals surface area contributed by atoms with Crippen molar-refractivity contribution >= 4 is 0 Å². The number of nitrogens with one attached hydrogen (secondary N) is 1. The fourth-order valence-electron chi connectivity index (χ4n) is 2.57. The average molecular weight is 233 g/mol. The highest BCUT2D eigenvalue weighted by atomic mass is 16.5. The molecule has 0 aromatic heterocycles. The van der Waals surface area contributed by atoms with Gasteiger partial charge in [-0.25, -0.2) is 0 Å². The molecule has 94 valence electrons. The molecule has 0 bridgehead atoms. The Bertz CT molecular complexity index is 362. The van der Waals surface area contributed by atoms with Crippen molar-refractivity contribution in [1.82, 2.24) is 5.32 Å². The van der Waals surface area contributed by atoms with Gasteiger partial charge in [0.25, 0.3) is 0 Å². The topological polar surface area (TPSA) is 21.3 Å². The Morgan fingerprint density at radius 2 is 1.82 bits per heavy atom. The first-order chi connectivity index (χ1) is 8.13. The van der Waals surface area contributed by atoms with Crippen LogP contribution in [0.2, 0.25) is 0 Å². The van der Waals surface area contributed by atoms with Gasteiger partial charge in [0.2, 0.25) is 0 Å². The first kappa shape index (κ1) is 12.4. The Hall–Kier alpha value is -1.02. The monoisotopic (exact) mass is 233 g/mol. The average Bonchev–Trinajstić information content (AvgIpc) is 2.20. The van der Waals surface area contributed by atoms with Crippen molar-refractivity contribution in [1.29, 1.82) is 0 Å². The van der Waals surface area contributed by atoms with Gasteiger partial charge in [-0.3, -0.25) is 0 Å². The summed E-state index contributed by atoms with van der Waals surface area (Å²) in [5, 5.41) is 3.22. The molecule has 2 rings (SSSR count). The largest absolute Gasteiger partial charge is 0.487 e. The highest BCUT2D eigenvalue weighted by Gasteiger charge is 2.38. The second kappa shape index (κ2) is 5.09. The van der Waals surface area contributed by atoms with Crippen molar-refractivity contribution in [2.75, 3.05) is 13.6 Å². The molecule has 1 aliphatic carbocycles. The summed E-state index contributed by atoms with van der Waals surface area (Å²) in [6.45, 7) is 5.28. The van der Waals surface area contributed by atoms with Gasteiger partial charge in [0, 0.05) is 0 Å². The van der Waals surface area contributed by atoms with Gasteiger partial charge >= 0.3 is 0 Å². The summed E-state index contributed by atoms with van der Waals surface area (Å²) in [5.41, 5.74) is 2.66. The number of ether oxygens (including phenoxy) is 1. The van der Waals surface area contributed by atoms with E-state index in [4.69, 9.17) is 4.74 Å². The second-order valence-corrected chi connectivity index (χ2v) is 5.32. The highest BCUT2D eigenvalue weighted by molar-refractivity contribution is 5.33. The quantitative estimate of drug-likeness (QED) is 0.843. The van der Waals surface area contributed by atoms with E-state index in [-0.39, 0.29) is 5.60 Å². The molecule has 1 aliphatic rings. The van der Waals surface area contributed by atoms with E-state index in [0.717, 1.165) is 18.7 Å². The molecule has 1 aromatic carbocycles. The summed E-state index contributed by atoms with van der Waals surface area (Å²) >= 11 is 0. The normalized spacial score (nSPS) is 17.6. The lowest BCUT2D eigenvalue weighted by molar-refractivity contribution is -0.0139. The van der Waals surface area contributed by atoms with Gasteiger partial charge in [-0.1, -0.05) is 6.07 Å². The number of hydrogen-bond acceptors (Lipinski definition) is 2. The maximum Gasteiger partial charge on any atom is 0.120 e. The Labute approximate surface area is 104 Å². The van der Waals surface area contributed by atoms with Crippen molar-refractivity contribution in [3.8, 4) is 5.75 Å². The van der Waals surface area contributed by atoms with E-state index in [0.29, 0.717) is 0 Å². The van der Waals surface area contributed by atoms with Gasteiger partial charge in [0.15, 0.2) is 0 Å². The first-order valence-corrected chi connectivity index (χ1v) is 6.55. The van der Waals surface area contributed by atoms with Crippen LogP contribution >= 0.6 is 0 Å². The van der Waals surface area contributed by atoms with Crippen molar-refractivity contribution in [3.05, 3.63) is 29.3 Å². The molecule has 17 heavy (non-hydrogen) atoms. The summed E-state index contributed by atoms with van der Waals surface area (Å²) < 4.78 is 6.26. The highest BCUT2D eigenvalue weighted by Crippen LogP contribution is 2.39. The zero-order valence-corrected chi connectivity index (χ0v) is 11.2. The van der Waals surface area contributed by atoms with E-state index < -0.39 is 0 Å². The predicted molar refractivity (Wildman–Crippen MR) is 71.7 cm³/mol. The van der Waals surface area contributed by atoms with Crippen LogP contribution in [0.25, 0.3) is 0 Å². The molecule has 0 aliphatic heterocycles. The fourth-order valence-corrected chi connectivity index (χ4v) is 2.57. The molecule has 0 radical (unpaired) electrons. The molecule has 0 unspecified atom stereocenters. The number of rotatable bonds is 5. The third-order valence-corrected chi connectivity index (χ3v) is 3.62. The molecule has 1 aromatic rings. The lowest BCUT2D eigenvalue weighted by Gasteiger charge is -2.42. The van der Waals surface area contributed by atoms with Crippen LogP contribution in [-0.2, 0) is 0 Å². The molecule has 2 heteroatoms. The van der Waals surface area contributed by atoms with Crippen LogP contribution in [0.4, 0.5) is 0 Å². The standard InChI is InChI=1S/C15H23NO/c1-12-9-13(2)11-14(10-12)17-15(5-4-6-15)7-8-16-3/h9-11,16H,4-8H2,1-3H3. The number of hydrogen-bond donors (Lipinski definition) is 1. The lowest BCUT2D eigenvalue weighted by Crippen LogP contribution is -2.45. The van der Waals surface area contributed by atoms with E-state index in [2.05, 4.69) is 37.4 Å². The zero-order valence-electron chi connectivity index (χ0n) is 11.2. The van der Waals surface area contributed by atoms with Crippen LogP contribution in [-0.4, -0.2) is 19.2 Å². The smallest absolute Gasteiger partial charge is 0.120 e. The summed E-state index contributed by atoms with van der Waals surface area (Å²) in [4.78, 5) is 0. The van der Waals surface area contributed by atoms with Crippen LogP contribution in [0.5, 0.6) is 5.75 Å². The van der Waals surface area contributed by atoms with Gasteiger partial charge in [0.1, 0.15) is 11.4 Å². The molecule has 0 spiro atoms. The minimum atomic E-state index is 0.100. The third kappa shape index (κ3) is 3.01. The van der Waals surface area contributed by atoms with Crippen LogP contribution in [0, 0.1) is 13.8 Å². The summed E-state index contributed by atoms with van der Waals surface area (Å²) in [6, 6.07) is 6.48. The maximum absolute atomic E-state index is 6.26. The molecule has 1 saturated carbocycles. The van der Waals surface area contributed by atoms with Gasteiger partial charge in [-0.15, -0.1) is 0 Å². The van der Waals surface area contributed by atoms with Crippen LogP contribution in [0.3, 0.4) is 0 Å². The molecule has 2 nitrogen and oxygen atoms in total. The third-order valence-electron chi connectivity index (χ3n) is 3.62. The maximum atomic E-state index is 6.26. The van der Waals surface area contributed by atoms with Gasteiger partial charge in [-0.05, 0) is 76.4 Å². The van der Waals surface area contributed by atoms with Crippen molar-refractivity contribution in [3.63, 3.8) is 0 Å². The van der Waals surface area contributed by atoms with Crippen molar-refractivity contribution in [2.45, 2.75) is 45.1 Å². The predicted octanol–water partition coefficient (Wildman–Crippen LogP) is 3.21. The molecular weight excluding hydrogens is 210 g/mol. The zero-order chi connectivity index (χ0) is 12.3.